The average molecular weight is 277 g/mol. The van der Waals surface area contributed by atoms with E-state index in [2.05, 4.69) is 42.0 Å². The molecule has 2 heterocycles. The molecular formula is C16H27N3O. The van der Waals surface area contributed by atoms with Crippen LogP contribution >= 0.6 is 0 Å². The molecule has 0 aliphatic carbocycles. The van der Waals surface area contributed by atoms with Crippen LogP contribution in [0.15, 0.2) is 18.3 Å². The van der Waals surface area contributed by atoms with Gasteiger partial charge in [-0.05, 0) is 31.9 Å². The molecule has 20 heavy (non-hydrogen) atoms. The van der Waals surface area contributed by atoms with Crippen molar-refractivity contribution in [1.82, 2.24) is 10.3 Å². The van der Waals surface area contributed by atoms with Gasteiger partial charge < -0.3 is 15.0 Å². The van der Waals surface area contributed by atoms with Crippen molar-refractivity contribution in [2.24, 2.45) is 5.92 Å². The molecule has 0 aromatic carbocycles. The first-order valence-electron chi connectivity index (χ1n) is 7.63. The van der Waals surface area contributed by atoms with E-state index in [1.165, 1.54) is 5.56 Å². The van der Waals surface area contributed by atoms with Crippen molar-refractivity contribution in [3.63, 3.8) is 0 Å². The van der Waals surface area contributed by atoms with E-state index in [0.29, 0.717) is 18.1 Å². The van der Waals surface area contributed by atoms with Crippen LogP contribution in [0.5, 0.6) is 0 Å². The van der Waals surface area contributed by atoms with E-state index in [-0.39, 0.29) is 0 Å². The van der Waals surface area contributed by atoms with Crippen LogP contribution < -0.4 is 10.2 Å². The van der Waals surface area contributed by atoms with Crippen molar-refractivity contribution in [2.75, 3.05) is 31.6 Å². The van der Waals surface area contributed by atoms with Crippen molar-refractivity contribution >= 4 is 5.82 Å². The highest BCUT2D eigenvalue weighted by atomic mass is 16.5. The monoisotopic (exact) mass is 277 g/mol. The van der Waals surface area contributed by atoms with Crippen molar-refractivity contribution in [3.05, 3.63) is 23.9 Å². The Labute approximate surface area is 122 Å². The predicted octanol–water partition coefficient (Wildman–Crippen LogP) is 2.61. The van der Waals surface area contributed by atoms with E-state index in [1.54, 1.807) is 0 Å². The summed E-state index contributed by atoms with van der Waals surface area (Å²) in [6.07, 6.45) is 3.34. The van der Waals surface area contributed by atoms with Crippen LogP contribution in [0.2, 0.25) is 0 Å². The third-order valence-electron chi connectivity index (χ3n) is 4.29. The molecular weight excluding hydrogens is 250 g/mol. The Hall–Kier alpha value is -1.13. The van der Waals surface area contributed by atoms with Gasteiger partial charge in [0.05, 0.1) is 6.10 Å². The molecule has 1 aliphatic rings. The highest BCUT2D eigenvalue weighted by Gasteiger charge is 2.28. The molecule has 0 bridgehead atoms. The summed E-state index contributed by atoms with van der Waals surface area (Å²) in [6, 6.07) is 4.52. The molecule has 1 aromatic heterocycles. The smallest absolute Gasteiger partial charge is 0.133 e. The number of piperidine rings is 1. The number of hydrogen-bond donors (Lipinski definition) is 1. The van der Waals surface area contributed by atoms with Gasteiger partial charge in [-0.3, -0.25) is 0 Å². The summed E-state index contributed by atoms with van der Waals surface area (Å²) in [4.78, 5) is 7.00. The van der Waals surface area contributed by atoms with Crippen molar-refractivity contribution < 1.29 is 4.74 Å². The van der Waals surface area contributed by atoms with E-state index >= 15 is 0 Å². The number of anilines is 1. The summed E-state index contributed by atoms with van der Waals surface area (Å²) in [5.41, 5.74) is 1.28. The summed E-state index contributed by atoms with van der Waals surface area (Å²) < 4.78 is 5.62. The fourth-order valence-corrected chi connectivity index (χ4v) is 2.96. The van der Waals surface area contributed by atoms with E-state index in [4.69, 9.17) is 4.74 Å². The zero-order valence-electron chi connectivity index (χ0n) is 13.1. The Morgan fingerprint density at radius 2 is 2.35 bits per heavy atom. The fourth-order valence-electron chi connectivity index (χ4n) is 2.96. The zero-order chi connectivity index (χ0) is 14.5. The van der Waals surface area contributed by atoms with Gasteiger partial charge in [0.1, 0.15) is 5.82 Å². The number of nitrogens with zero attached hydrogens (tertiary/aromatic N) is 2. The maximum atomic E-state index is 5.62. The SMILES string of the molecule is CCNC(C)c1cccnc1N1CCC(C)C(OC)C1. The van der Waals surface area contributed by atoms with Gasteiger partial charge in [-0.15, -0.1) is 0 Å². The zero-order valence-corrected chi connectivity index (χ0v) is 13.1. The molecule has 1 aromatic rings. The third kappa shape index (κ3) is 3.30. The van der Waals surface area contributed by atoms with E-state index < -0.39 is 0 Å². The first kappa shape index (κ1) is 15.3. The molecule has 1 aliphatic heterocycles. The number of methoxy groups -OCH3 is 1. The fraction of sp³-hybridized carbons (Fsp3) is 0.688. The number of ether oxygens (including phenoxy) is 1. The topological polar surface area (TPSA) is 37.4 Å². The number of pyridine rings is 1. The Balaban J connectivity index is 2.20. The Morgan fingerprint density at radius 3 is 3.05 bits per heavy atom. The Bertz CT molecular complexity index is 424. The minimum absolute atomic E-state index is 0.299. The second kappa shape index (κ2) is 7.04. The van der Waals surface area contributed by atoms with Crippen LogP contribution in [0.3, 0.4) is 0 Å². The first-order chi connectivity index (χ1) is 9.67. The molecule has 2 rings (SSSR count). The number of rotatable bonds is 5. The lowest BCUT2D eigenvalue weighted by Gasteiger charge is -2.38. The van der Waals surface area contributed by atoms with Gasteiger partial charge >= 0.3 is 0 Å². The first-order valence-corrected chi connectivity index (χ1v) is 7.63. The molecule has 1 fully saturated rings. The van der Waals surface area contributed by atoms with Crippen LogP contribution in [-0.2, 0) is 4.74 Å². The van der Waals surface area contributed by atoms with E-state index in [1.807, 2.05) is 19.4 Å². The summed E-state index contributed by atoms with van der Waals surface area (Å²) in [5, 5.41) is 3.48. The van der Waals surface area contributed by atoms with Gasteiger partial charge in [-0.2, -0.15) is 0 Å². The highest BCUT2D eigenvalue weighted by Crippen LogP contribution is 2.28. The number of hydrogen-bond acceptors (Lipinski definition) is 4. The van der Waals surface area contributed by atoms with Gasteiger partial charge in [0.25, 0.3) is 0 Å². The van der Waals surface area contributed by atoms with Crippen LogP contribution in [0.4, 0.5) is 5.82 Å². The molecule has 0 spiro atoms. The van der Waals surface area contributed by atoms with Gasteiger partial charge in [0.2, 0.25) is 0 Å². The maximum Gasteiger partial charge on any atom is 0.133 e. The maximum absolute atomic E-state index is 5.62. The van der Waals surface area contributed by atoms with Crippen LogP contribution in [0, 0.1) is 5.92 Å². The highest BCUT2D eigenvalue weighted by molar-refractivity contribution is 5.49. The Kier molecular flexibility index (Phi) is 5.38. The van der Waals surface area contributed by atoms with Gasteiger partial charge in [-0.1, -0.05) is 19.9 Å². The molecule has 3 atom stereocenters. The summed E-state index contributed by atoms with van der Waals surface area (Å²) in [5.74, 6) is 1.73. The standard InChI is InChI=1S/C16H27N3O/c1-5-17-13(3)14-7-6-9-18-16(14)19-10-8-12(2)15(11-19)20-4/h6-7,9,12-13,15,17H,5,8,10-11H2,1-4H3. The van der Waals surface area contributed by atoms with Gasteiger partial charge in [0.15, 0.2) is 0 Å². The molecule has 1 N–H and O–H groups in total. The number of aromatic nitrogens is 1. The third-order valence-corrected chi connectivity index (χ3v) is 4.29. The molecule has 1 saturated heterocycles. The second-order valence-electron chi connectivity index (χ2n) is 5.68. The molecule has 0 saturated carbocycles. The average Bonchev–Trinajstić information content (AvgIpc) is 2.48. The second-order valence-corrected chi connectivity index (χ2v) is 5.68. The number of nitrogens with one attached hydrogen (secondary N) is 1. The lowest BCUT2D eigenvalue weighted by molar-refractivity contribution is 0.0496. The van der Waals surface area contributed by atoms with Crippen LogP contribution in [0.25, 0.3) is 0 Å². The van der Waals surface area contributed by atoms with Crippen molar-refractivity contribution in [3.8, 4) is 0 Å². The minimum atomic E-state index is 0.299. The molecule has 0 amide bonds. The Morgan fingerprint density at radius 1 is 1.55 bits per heavy atom. The van der Waals surface area contributed by atoms with E-state index in [0.717, 1.165) is 31.9 Å². The van der Waals surface area contributed by atoms with Crippen LogP contribution in [-0.4, -0.2) is 37.8 Å². The molecule has 112 valence electrons. The quantitative estimate of drug-likeness (QED) is 0.898. The van der Waals surface area contributed by atoms with Crippen molar-refractivity contribution in [1.29, 1.82) is 0 Å². The van der Waals surface area contributed by atoms with E-state index in [9.17, 15) is 0 Å². The largest absolute Gasteiger partial charge is 0.379 e. The normalized spacial score (nSPS) is 24.7. The summed E-state index contributed by atoms with van der Waals surface area (Å²) in [6.45, 7) is 9.56. The van der Waals surface area contributed by atoms with Gasteiger partial charge in [-0.25, -0.2) is 4.98 Å². The van der Waals surface area contributed by atoms with Crippen molar-refractivity contribution in [2.45, 2.75) is 39.3 Å². The molecule has 4 nitrogen and oxygen atoms in total. The minimum Gasteiger partial charge on any atom is -0.379 e. The lowest BCUT2D eigenvalue weighted by atomic mass is 9.95. The molecule has 3 unspecified atom stereocenters. The van der Waals surface area contributed by atoms with Gasteiger partial charge in [0, 0.05) is 38.0 Å². The molecule has 4 heteroatoms. The summed E-state index contributed by atoms with van der Waals surface area (Å²) >= 11 is 0. The molecule has 0 radical (unpaired) electrons. The summed E-state index contributed by atoms with van der Waals surface area (Å²) in [7, 11) is 1.81. The van der Waals surface area contributed by atoms with Crippen LogP contribution in [0.1, 0.15) is 38.8 Å². The predicted molar refractivity (Wildman–Crippen MR) is 83.1 cm³/mol. The lowest BCUT2D eigenvalue weighted by Crippen LogP contribution is -2.44.